The monoisotopic (exact) mass is 500 g/mol. The number of rotatable bonds is 15. The Labute approximate surface area is 209 Å². The number of hydrogen-bond donors (Lipinski definition) is 2. The summed E-state index contributed by atoms with van der Waals surface area (Å²) in [6.45, 7) is 3.33. The average molecular weight is 501 g/mol. The van der Waals surface area contributed by atoms with Gasteiger partial charge in [-0.1, -0.05) is 43.0 Å². The van der Waals surface area contributed by atoms with Crippen molar-refractivity contribution >= 4 is 0 Å². The van der Waals surface area contributed by atoms with Crippen LogP contribution >= 0.6 is 0 Å². The molecule has 0 heterocycles. The molecule has 0 aliphatic heterocycles. The minimum atomic E-state index is -2.27. The summed E-state index contributed by atoms with van der Waals surface area (Å²) in [5.41, 5.74) is 3.62. The topological polar surface area (TPSA) is 77.4 Å². The van der Waals surface area contributed by atoms with Gasteiger partial charge >= 0.3 is 0 Å². The van der Waals surface area contributed by atoms with Crippen molar-refractivity contribution in [3.05, 3.63) is 79.1 Å². The number of benzene rings is 3. The van der Waals surface area contributed by atoms with Crippen LogP contribution in [-0.4, -0.2) is 36.6 Å². The molecule has 0 saturated heterocycles. The number of aliphatic hydroxyl groups excluding tert-OH is 1. The standard InChI is InChI=1S/C28H30F2O6/c1-20(18-31)36-35-19-34-25-13-8-21(9-14-25)23-10-15-26(22-6-11-24(32)12-7-22)27(17-23)33-16-4-2-3-5-28(29)30/h6-15,17,28,31-32H,1-5,16,18-19H2. The van der Waals surface area contributed by atoms with E-state index in [-0.39, 0.29) is 31.3 Å². The van der Waals surface area contributed by atoms with Crippen LogP contribution in [0.5, 0.6) is 17.2 Å². The molecule has 3 aromatic carbocycles. The van der Waals surface area contributed by atoms with E-state index in [0.717, 1.165) is 22.3 Å². The smallest absolute Gasteiger partial charge is 0.238 e. The van der Waals surface area contributed by atoms with E-state index < -0.39 is 6.43 Å². The minimum Gasteiger partial charge on any atom is -0.508 e. The van der Waals surface area contributed by atoms with Crippen molar-refractivity contribution in [2.24, 2.45) is 0 Å². The Balaban J connectivity index is 1.69. The number of phenolic OH excluding ortho intramolecular Hbond substituents is 1. The lowest BCUT2D eigenvalue weighted by Crippen LogP contribution is -2.04. The Morgan fingerprint density at radius 2 is 1.53 bits per heavy atom. The molecule has 0 saturated carbocycles. The van der Waals surface area contributed by atoms with Gasteiger partial charge in [0.25, 0.3) is 0 Å². The van der Waals surface area contributed by atoms with Crippen molar-refractivity contribution < 1.29 is 38.2 Å². The predicted molar refractivity (Wildman–Crippen MR) is 133 cm³/mol. The molecule has 0 unspecified atom stereocenters. The van der Waals surface area contributed by atoms with Crippen molar-refractivity contribution in [2.45, 2.75) is 32.1 Å². The van der Waals surface area contributed by atoms with E-state index in [9.17, 15) is 13.9 Å². The Morgan fingerprint density at radius 3 is 2.22 bits per heavy atom. The van der Waals surface area contributed by atoms with E-state index in [2.05, 4.69) is 6.58 Å². The second kappa shape index (κ2) is 14.1. The van der Waals surface area contributed by atoms with E-state index in [1.54, 1.807) is 24.3 Å². The van der Waals surface area contributed by atoms with Gasteiger partial charge in [-0.2, -0.15) is 0 Å². The third kappa shape index (κ3) is 8.55. The van der Waals surface area contributed by atoms with Crippen LogP contribution in [0.2, 0.25) is 0 Å². The van der Waals surface area contributed by atoms with Crippen LogP contribution in [-0.2, 0) is 9.78 Å². The summed E-state index contributed by atoms with van der Waals surface area (Å²) in [6, 6.07) is 20.1. The molecule has 2 N–H and O–H groups in total. The molecule has 0 fully saturated rings. The lowest BCUT2D eigenvalue weighted by atomic mass is 9.99. The van der Waals surface area contributed by atoms with Crippen LogP contribution in [0.4, 0.5) is 8.78 Å². The second-order valence-corrected chi connectivity index (χ2v) is 8.03. The summed E-state index contributed by atoms with van der Waals surface area (Å²) in [6.07, 6.45) is -0.551. The Morgan fingerprint density at radius 1 is 0.833 bits per heavy atom. The van der Waals surface area contributed by atoms with Crippen molar-refractivity contribution in [1.82, 2.24) is 0 Å². The first-order valence-electron chi connectivity index (χ1n) is 11.6. The second-order valence-electron chi connectivity index (χ2n) is 8.03. The van der Waals surface area contributed by atoms with Crippen LogP contribution in [0, 0.1) is 0 Å². The molecular formula is C28H30F2O6. The minimum absolute atomic E-state index is 0.0795. The first-order valence-corrected chi connectivity index (χ1v) is 11.6. The third-order valence-corrected chi connectivity index (χ3v) is 5.30. The van der Waals surface area contributed by atoms with Gasteiger partial charge in [-0.15, -0.1) is 4.89 Å². The van der Waals surface area contributed by atoms with Crippen LogP contribution in [0.15, 0.2) is 79.1 Å². The molecule has 192 valence electrons. The van der Waals surface area contributed by atoms with E-state index in [1.165, 1.54) is 0 Å². The quantitative estimate of drug-likeness (QED) is 0.0793. The van der Waals surface area contributed by atoms with Gasteiger partial charge in [0.15, 0.2) is 5.76 Å². The molecule has 0 bridgehead atoms. The summed E-state index contributed by atoms with van der Waals surface area (Å²) in [7, 11) is 0. The van der Waals surface area contributed by atoms with Gasteiger partial charge in [0.2, 0.25) is 13.2 Å². The highest BCUT2D eigenvalue weighted by molar-refractivity contribution is 5.76. The zero-order valence-corrected chi connectivity index (χ0v) is 19.9. The number of phenols is 1. The molecule has 3 rings (SSSR count). The molecule has 0 amide bonds. The van der Waals surface area contributed by atoms with Gasteiger partial charge < -0.3 is 24.6 Å². The van der Waals surface area contributed by atoms with Gasteiger partial charge in [0, 0.05) is 12.0 Å². The zero-order chi connectivity index (χ0) is 25.8. The highest BCUT2D eigenvalue weighted by Crippen LogP contribution is 2.35. The lowest BCUT2D eigenvalue weighted by Gasteiger charge is -2.14. The number of alkyl halides is 2. The highest BCUT2D eigenvalue weighted by atomic mass is 19.3. The molecule has 0 aliphatic rings. The third-order valence-electron chi connectivity index (χ3n) is 5.30. The summed E-state index contributed by atoms with van der Waals surface area (Å²) < 4.78 is 36.2. The van der Waals surface area contributed by atoms with Crippen LogP contribution in [0.3, 0.4) is 0 Å². The molecule has 3 aromatic rings. The zero-order valence-electron chi connectivity index (χ0n) is 19.9. The van der Waals surface area contributed by atoms with Gasteiger partial charge in [-0.05, 0) is 66.3 Å². The maximum Gasteiger partial charge on any atom is 0.238 e. The van der Waals surface area contributed by atoms with Gasteiger partial charge in [-0.25, -0.2) is 8.78 Å². The average Bonchev–Trinajstić information content (AvgIpc) is 2.89. The molecule has 0 atom stereocenters. The molecule has 0 aromatic heterocycles. The van der Waals surface area contributed by atoms with Crippen molar-refractivity contribution in [3.8, 4) is 39.5 Å². The molecule has 36 heavy (non-hydrogen) atoms. The number of aromatic hydroxyl groups is 1. The fraction of sp³-hybridized carbons (Fsp3) is 0.286. The first kappa shape index (κ1) is 27.0. The Bertz CT molecular complexity index is 1080. The van der Waals surface area contributed by atoms with E-state index >= 15 is 0 Å². The number of unbranched alkanes of at least 4 members (excludes halogenated alkanes) is 2. The molecule has 0 radical (unpaired) electrons. The van der Waals surface area contributed by atoms with Crippen molar-refractivity contribution in [1.29, 1.82) is 0 Å². The van der Waals surface area contributed by atoms with E-state index in [0.29, 0.717) is 37.4 Å². The van der Waals surface area contributed by atoms with Gasteiger partial charge in [-0.3, -0.25) is 0 Å². The number of hydrogen-bond acceptors (Lipinski definition) is 6. The SMILES string of the molecule is C=C(CO)OOCOc1ccc(-c2ccc(-c3ccc(O)cc3)c(OCCCCCC(F)F)c2)cc1. The van der Waals surface area contributed by atoms with E-state index in [1.807, 2.05) is 42.5 Å². The lowest BCUT2D eigenvalue weighted by molar-refractivity contribution is -0.297. The number of ether oxygens (including phenoxy) is 2. The largest absolute Gasteiger partial charge is 0.508 e. The molecular weight excluding hydrogens is 470 g/mol. The first-order chi connectivity index (χ1) is 17.5. The number of halogens is 2. The summed E-state index contributed by atoms with van der Waals surface area (Å²) >= 11 is 0. The highest BCUT2D eigenvalue weighted by Gasteiger charge is 2.10. The number of aliphatic hydroxyl groups is 1. The summed E-state index contributed by atoms with van der Waals surface area (Å²) in [4.78, 5) is 9.51. The van der Waals surface area contributed by atoms with Crippen LogP contribution < -0.4 is 9.47 Å². The maximum absolute atomic E-state index is 12.3. The van der Waals surface area contributed by atoms with Crippen molar-refractivity contribution in [3.63, 3.8) is 0 Å². The fourth-order valence-corrected chi connectivity index (χ4v) is 3.43. The van der Waals surface area contributed by atoms with Gasteiger partial charge in [0.05, 0.1) is 6.61 Å². The maximum atomic E-state index is 12.3. The molecule has 6 nitrogen and oxygen atoms in total. The molecule has 0 aliphatic carbocycles. The molecule has 8 heteroatoms. The normalized spacial score (nSPS) is 10.9. The Hall–Kier alpha value is -3.62. The Kier molecular flexibility index (Phi) is 10.5. The fourth-order valence-electron chi connectivity index (χ4n) is 3.43. The predicted octanol–water partition coefficient (Wildman–Crippen LogP) is 6.72. The van der Waals surface area contributed by atoms with Crippen LogP contribution in [0.1, 0.15) is 25.7 Å². The summed E-state index contributed by atoms with van der Waals surface area (Å²) in [5, 5.41) is 18.4. The van der Waals surface area contributed by atoms with Gasteiger partial charge in [0.1, 0.15) is 23.9 Å². The summed E-state index contributed by atoms with van der Waals surface area (Å²) in [5.74, 6) is 1.49. The van der Waals surface area contributed by atoms with E-state index in [4.69, 9.17) is 24.4 Å². The van der Waals surface area contributed by atoms with Crippen molar-refractivity contribution in [2.75, 3.05) is 20.0 Å². The van der Waals surface area contributed by atoms with Crippen LogP contribution in [0.25, 0.3) is 22.3 Å². The molecule has 0 spiro atoms.